The number of amides is 1. The molecule has 0 aliphatic carbocycles. The van der Waals surface area contributed by atoms with Gasteiger partial charge in [-0.2, -0.15) is 9.61 Å². The number of para-hydroxylation sites is 1. The van der Waals surface area contributed by atoms with Gasteiger partial charge >= 0.3 is 0 Å². The molecule has 5 rings (SSSR count). The van der Waals surface area contributed by atoms with Crippen LogP contribution >= 0.6 is 0 Å². The van der Waals surface area contributed by atoms with Crippen LogP contribution in [0.2, 0.25) is 0 Å². The second-order valence-corrected chi connectivity index (χ2v) is 7.61. The molecule has 1 N–H and O–H groups in total. The van der Waals surface area contributed by atoms with Crippen LogP contribution in [0.3, 0.4) is 0 Å². The summed E-state index contributed by atoms with van der Waals surface area (Å²) >= 11 is 0. The van der Waals surface area contributed by atoms with E-state index in [0.29, 0.717) is 28.5 Å². The standard InChI is InChI=1S/C26H22N6O2/c1-2-18-8-3-4-12-23(18)34-17-25(33)28-20-10-7-9-19(16-20)21-13-14-24-29-30-26(32(24)31-21)22-11-5-6-15-27-22/h3-16H,2,17H2,1H3,(H,28,33). The maximum atomic E-state index is 12.5. The molecule has 1 amide bonds. The number of ether oxygens (including phenoxy) is 1. The summed E-state index contributed by atoms with van der Waals surface area (Å²) in [5.41, 5.74) is 4.60. The zero-order chi connectivity index (χ0) is 23.3. The Morgan fingerprint density at radius 1 is 0.941 bits per heavy atom. The quantitative estimate of drug-likeness (QED) is 0.394. The third kappa shape index (κ3) is 4.47. The van der Waals surface area contributed by atoms with Crippen LogP contribution in [0, 0.1) is 0 Å². The van der Waals surface area contributed by atoms with Gasteiger partial charge in [-0.1, -0.05) is 43.3 Å². The minimum atomic E-state index is -0.234. The molecule has 8 heteroatoms. The Morgan fingerprint density at radius 3 is 2.68 bits per heavy atom. The van der Waals surface area contributed by atoms with Gasteiger partial charge in [0.25, 0.3) is 5.91 Å². The van der Waals surface area contributed by atoms with Crippen LogP contribution in [0.25, 0.3) is 28.4 Å². The van der Waals surface area contributed by atoms with Gasteiger partial charge in [-0.15, -0.1) is 10.2 Å². The average molecular weight is 451 g/mol. The third-order valence-corrected chi connectivity index (χ3v) is 5.31. The highest BCUT2D eigenvalue weighted by atomic mass is 16.5. The molecule has 3 heterocycles. The van der Waals surface area contributed by atoms with E-state index >= 15 is 0 Å². The molecule has 0 saturated heterocycles. The number of hydrogen-bond acceptors (Lipinski definition) is 6. The number of hydrogen-bond donors (Lipinski definition) is 1. The van der Waals surface area contributed by atoms with Crippen LogP contribution in [-0.4, -0.2) is 37.3 Å². The fourth-order valence-corrected chi connectivity index (χ4v) is 3.63. The van der Waals surface area contributed by atoms with E-state index in [9.17, 15) is 4.79 Å². The second kappa shape index (κ2) is 9.50. The predicted octanol–water partition coefficient (Wildman–Crippen LogP) is 4.43. The number of aryl methyl sites for hydroxylation is 1. The van der Waals surface area contributed by atoms with Crippen molar-refractivity contribution in [2.75, 3.05) is 11.9 Å². The summed E-state index contributed by atoms with van der Waals surface area (Å²) in [4.78, 5) is 16.8. The summed E-state index contributed by atoms with van der Waals surface area (Å²) in [6, 6.07) is 24.6. The van der Waals surface area contributed by atoms with Gasteiger partial charge in [0, 0.05) is 17.4 Å². The number of pyridine rings is 1. The van der Waals surface area contributed by atoms with Crippen molar-refractivity contribution in [1.29, 1.82) is 0 Å². The summed E-state index contributed by atoms with van der Waals surface area (Å²) in [5, 5.41) is 16.0. The summed E-state index contributed by atoms with van der Waals surface area (Å²) in [5.74, 6) is 1.05. The van der Waals surface area contributed by atoms with Gasteiger partial charge in [-0.3, -0.25) is 9.78 Å². The zero-order valence-corrected chi connectivity index (χ0v) is 18.5. The minimum Gasteiger partial charge on any atom is -0.483 e. The van der Waals surface area contributed by atoms with E-state index in [2.05, 4.69) is 27.4 Å². The van der Waals surface area contributed by atoms with Gasteiger partial charge in [0.2, 0.25) is 5.82 Å². The second-order valence-electron chi connectivity index (χ2n) is 7.61. The number of rotatable bonds is 7. The Hall–Kier alpha value is -4.59. The molecular formula is C26H22N6O2. The maximum Gasteiger partial charge on any atom is 0.262 e. The lowest BCUT2D eigenvalue weighted by atomic mass is 10.1. The van der Waals surface area contributed by atoms with Crippen molar-refractivity contribution in [3.63, 3.8) is 0 Å². The SMILES string of the molecule is CCc1ccccc1OCC(=O)Nc1cccc(-c2ccc3nnc(-c4ccccn4)n3n2)c1. The molecule has 2 aromatic carbocycles. The number of anilines is 1. The highest BCUT2D eigenvalue weighted by Crippen LogP contribution is 2.23. The normalized spacial score (nSPS) is 10.9. The van der Waals surface area contributed by atoms with Gasteiger partial charge in [-0.05, 0) is 54.4 Å². The smallest absolute Gasteiger partial charge is 0.262 e. The van der Waals surface area contributed by atoms with E-state index in [-0.39, 0.29) is 12.5 Å². The van der Waals surface area contributed by atoms with E-state index in [1.165, 1.54) is 0 Å². The Bertz CT molecular complexity index is 1450. The first-order chi connectivity index (χ1) is 16.7. The van der Waals surface area contributed by atoms with Crippen molar-refractivity contribution in [2.45, 2.75) is 13.3 Å². The number of nitrogens with one attached hydrogen (secondary N) is 1. The lowest BCUT2D eigenvalue weighted by Gasteiger charge is -2.11. The molecule has 168 valence electrons. The Kier molecular flexibility index (Phi) is 5.94. The van der Waals surface area contributed by atoms with Crippen molar-refractivity contribution in [3.8, 4) is 28.5 Å². The lowest BCUT2D eigenvalue weighted by Crippen LogP contribution is -2.20. The first kappa shape index (κ1) is 21.3. The van der Waals surface area contributed by atoms with Crippen molar-refractivity contribution >= 4 is 17.2 Å². The fourth-order valence-electron chi connectivity index (χ4n) is 3.63. The summed E-state index contributed by atoms with van der Waals surface area (Å²) < 4.78 is 7.39. The topological polar surface area (TPSA) is 94.3 Å². The molecule has 5 aromatic rings. The minimum absolute atomic E-state index is 0.0698. The number of fused-ring (bicyclic) bond motifs is 1. The number of carbonyl (C=O) groups excluding carboxylic acids is 1. The van der Waals surface area contributed by atoms with Crippen LogP contribution in [-0.2, 0) is 11.2 Å². The number of nitrogens with zero attached hydrogens (tertiary/aromatic N) is 5. The molecule has 0 fully saturated rings. The highest BCUT2D eigenvalue weighted by molar-refractivity contribution is 5.92. The summed E-state index contributed by atoms with van der Waals surface area (Å²) in [6.45, 7) is 1.98. The number of carbonyl (C=O) groups is 1. The van der Waals surface area contributed by atoms with Crippen molar-refractivity contribution in [1.82, 2.24) is 24.8 Å². The fraction of sp³-hybridized carbons (Fsp3) is 0.115. The monoisotopic (exact) mass is 450 g/mol. The average Bonchev–Trinajstić information content (AvgIpc) is 3.31. The largest absolute Gasteiger partial charge is 0.483 e. The van der Waals surface area contributed by atoms with Crippen LogP contribution in [0.4, 0.5) is 5.69 Å². The third-order valence-electron chi connectivity index (χ3n) is 5.31. The van der Waals surface area contributed by atoms with Gasteiger partial charge in [0.15, 0.2) is 12.3 Å². The molecule has 8 nitrogen and oxygen atoms in total. The molecule has 0 unspecified atom stereocenters. The molecule has 0 aliphatic heterocycles. The van der Waals surface area contributed by atoms with E-state index in [1.54, 1.807) is 10.7 Å². The van der Waals surface area contributed by atoms with Crippen LogP contribution in [0.5, 0.6) is 5.75 Å². The van der Waals surface area contributed by atoms with Crippen LogP contribution < -0.4 is 10.1 Å². The zero-order valence-electron chi connectivity index (χ0n) is 18.5. The Morgan fingerprint density at radius 2 is 1.82 bits per heavy atom. The molecule has 0 saturated carbocycles. The van der Waals surface area contributed by atoms with Crippen molar-refractivity contribution in [3.05, 3.63) is 90.6 Å². The first-order valence-electron chi connectivity index (χ1n) is 11.0. The van der Waals surface area contributed by atoms with Crippen LogP contribution in [0.1, 0.15) is 12.5 Å². The molecule has 34 heavy (non-hydrogen) atoms. The molecule has 0 bridgehead atoms. The van der Waals surface area contributed by atoms with E-state index in [4.69, 9.17) is 9.84 Å². The molecular weight excluding hydrogens is 428 g/mol. The molecule has 0 radical (unpaired) electrons. The lowest BCUT2D eigenvalue weighted by molar-refractivity contribution is -0.118. The van der Waals surface area contributed by atoms with E-state index in [0.717, 1.165) is 23.3 Å². The number of benzene rings is 2. The van der Waals surface area contributed by atoms with E-state index < -0.39 is 0 Å². The van der Waals surface area contributed by atoms with E-state index in [1.807, 2.05) is 78.9 Å². The molecule has 0 atom stereocenters. The number of aromatic nitrogens is 5. The Labute approximate surface area is 196 Å². The summed E-state index contributed by atoms with van der Waals surface area (Å²) in [6.07, 6.45) is 2.54. The molecule has 0 aliphatic rings. The Balaban J connectivity index is 1.34. The van der Waals surface area contributed by atoms with Crippen LogP contribution in [0.15, 0.2) is 85.1 Å². The maximum absolute atomic E-state index is 12.5. The van der Waals surface area contributed by atoms with Gasteiger partial charge in [-0.25, -0.2) is 0 Å². The van der Waals surface area contributed by atoms with Gasteiger partial charge in [0.05, 0.1) is 5.69 Å². The van der Waals surface area contributed by atoms with Gasteiger partial charge < -0.3 is 10.1 Å². The van der Waals surface area contributed by atoms with Gasteiger partial charge in [0.1, 0.15) is 11.4 Å². The molecule has 3 aromatic heterocycles. The first-order valence-corrected chi connectivity index (χ1v) is 11.0. The summed E-state index contributed by atoms with van der Waals surface area (Å²) in [7, 11) is 0. The van der Waals surface area contributed by atoms with Crippen molar-refractivity contribution in [2.24, 2.45) is 0 Å². The predicted molar refractivity (Wildman–Crippen MR) is 129 cm³/mol. The van der Waals surface area contributed by atoms with Crippen molar-refractivity contribution < 1.29 is 9.53 Å². The highest BCUT2D eigenvalue weighted by Gasteiger charge is 2.12. The molecule has 0 spiro atoms.